The van der Waals surface area contributed by atoms with Gasteiger partial charge in [-0.1, -0.05) is 5.16 Å². The van der Waals surface area contributed by atoms with E-state index < -0.39 is 6.10 Å². The monoisotopic (exact) mass is 335 g/mol. The Morgan fingerprint density at radius 2 is 2.21 bits per heavy atom. The summed E-state index contributed by atoms with van der Waals surface area (Å²) in [5.41, 5.74) is 2.66. The number of aryl methyl sites for hydroxylation is 2. The molecule has 0 spiro atoms. The summed E-state index contributed by atoms with van der Waals surface area (Å²) in [6, 6.07) is 0. The van der Waals surface area contributed by atoms with Gasteiger partial charge in [0.05, 0.1) is 24.6 Å². The molecule has 0 radical (unpaired) electrons. The van der Waals surface area contributed by atoms with Crippen molar-refractivity contribution in [3.63, 3.8) is 0 Å². The van der Waals surface area contributed by atoms with Crippen LogP contribution in [0.25, 0.3) is 0 Å². The van der Waals surface area contributed by atoms with E-state index in [9.17, 15) is 4.79 Å². The van der Waals surface area contributed by atoms with Crippen molar-refractivity contribution in [2.75, 3.05) is 39.4 Å². The molecule has 8 nitrogen and oxygen atoms in total. The molecule has 132 valence electrons. The number of nitrogens with zero attached hydrogens (tertiary/aromatic N) is 4. The third-order valence-corrected chi connectivity index (χ3v) is 4.37. The highest BCUT2D eigenvalue weighted by molar-refractivity contribution is 6.04. The number of carbonyl (C=O) groups is 1. The first kappa shape index (κ1) is 16.9. The normalized spacial score (nSPS) is 21.4. The third kappa shape index (κ3) is 3.93. The van der Waals surface area contributed by atoms with Crippen molar-refractivity contribution in [2.45, 2.75) is 32.9 Å². The Hall–Kier alpha value is -1.93. The number of hydrogen-bond acceptors (Lipinski definition) is 6. The van der Waals surface area contributed by atoms with E-state index in [0.717, 1.165) is 56.4 Å². The van der Waals surface area contributed by atoms with Crippen molar-refractivity contribution in [1.29, 1.82) is 0 Å². The van der Waals surface area contributed by atoms with Crippen LogP contribution in [0.1, 0.15) is 24.6 Å². The zero-order chi connectivity index (χ0) is 16.9. The van der Waals surface area contributed by atoms with Crippen molar-refractivity contribution < 1.29 is 14.4 Å². The van der Waals surface area contributed by atoms with Gasteiger partial charge in [-0.25, -0.2) is 0 Å². The van der Waals surface area contributed by atoms with Gasteiger partial charge in [-0.15, -0.1) is 0 Å². The molecule has 1 unspecified atom stereocenters. The molecule has 24 heavy (non-hydrogen) atoms. The van der Waals surface area contributed by atoms with Crippen LogP contribution in [0.4, 0.5) is 0 Å². The quantitative estimate of drug-likeness (QED) is 0.800. The van der Waals surface area contributed by atoms with Crippen LogP contribution < -0.4 is 5.32 Å². The zero-order valence-electron chi connectivity index (χ0n) is 14.3. The fourth-order valence-electron chi connectivity index (χ4n) is 2.92. The van der Waals surface area contributed by atoms with Crippen molar-refractivity contribution in [3.05, 3.63) is 17.5 Å². The molecule has 1 atom stereocenters. The molecule has 1 saturated heterocycles. The Morgan fingerprint density at radius 1 is 1.42 bits per heavy atom. The molecule has 0 aliphatic carbocycles. The number of morpholine rings is 1. The molecule has 3 heterocycles. The average Bonchev–Trinajstić information content (AvgIpc) is 3.22. The number of oxime groups is 1. The number of amides is 1. The molecular weight excluding hydrogens is 310 g/mol. The van der Waals surface area contributed by atoms with Gasteiger partial charge in [-0.05, 0) is 13.8 Å². The highest BCUT2D eigenvalue weighted by Gasteiger charge is 2.30. The molecule has 3 rings (SSSR count). The second-order valence-corrected chi connectivity index (χ2v) is 6.07. The van der Waals surface area contributed by atoms with Gasteiger partial charge in [0.15, 0.2) is 0 Å². The molecule has 0 bridgehead atoms. The van der Waals surface area contributed by atoms with Crippen molar-refractivity contribution >= 4 is 11.6 Å². The highest BCUT2D eigenvalue weighted by atomic mass is 16.6. The van der Waals surface area contributed by atoms with Gasteiger partial charge in [-0.2, -0.15) is 5.10 Å². The summed E-state index contributed by atoms with van der Waals surface area (Å²) in [4.78, 5) is 19.8. The van der Waals surface area contributed by atoms with Gasteiger partial charge in [0.25, 0.3) is 5.91 Å². The number of carbonyl (C=O) groups excluding carboxylic acids is 1. The Kier molecular flexibility index (Phi) is 5.47. The van der Waals surface area contributed by atoms with Gasteiger partial charge in [0, 0.05) is 50.9 Å². The van der Waals surface area contributed by atoms with E-state index in [1.165, 1.54) is 0 Å². The minimum Gasteiger partial charge on any atom is -0.382 e. The van der Waals surface area contributed by atoms with E-state index in [0.29, 0.717) is 13.0 Å². The second-order valence-electron chi connectivity index (χ2n) is 6.07. The van der Waals surface area contributed by atoms with Crippen LogP contribution >= 0.6 is 0 Å². The SMILES string of the molecule is CCn1cc(C2=NOC(C(=O)NCCN3CCOCC3)C2)c(C)n1. The standard InChI is InChI=1S/C16H25N5O3/c1-3-21-11-13(12(2)18-21)14-10-15(24-19-14)16(22)17-4-5-20-6-8-23-9-7-20/h11,15H,3-10H2,1-2H3,(H,17,22). The maximum Gasteiger partial charge on any atom is 0.264 e. The molecule has 1 N–H and O–H groups in total. The first-order valence-corrected chi connectivity index (χ1v) is 8.52. The van der Waals surface area contributed by atoms with Crippen molar-refractivity contribution in [1.82, 2.24) is 20.0 Å². The molecular formula is C16H25N5O3. The molecule has 2 aliphatic heterocycles. The van der Waals surface area contributed by atoms with Crippen molar-refractivity contribution in [2.24, 2.45) is 5.16 Å². The number of nitrogens with one attached hydrogen (secondary N) is 1. The summed E-state index contributed by atoms with van der Waals surface area (Å²) in [6.45, 7) is 9.60. The van der Waals surface area contributed by atoms with Crippen LogP contribution in [0, 0.1) is 6.92 Å². The molecule has 1 amide bonds. The maximum absolute atomic E-state index is 12.2. The van der Waals surface area contributed by atoms with Gasteiger partial charge >= 0.3 is 0 Å². The fourth-order valence-corrected chi connectivity index (χ4v) is 2.92. The largest absolute Gasteiger partial charge is 0.382 e. The molecule has 2 aliphatic rings. The number of aromatic nitrogens is 2. The zero-order valence-corrected chi connectivity index (χ0v) is 14.3. The average molecular weight is 335 g/mol. The summed E-state index contributed by atoms with van der Waals surface area (Å²) in [6.07, 6.45) is 1.89. The lowest BCUT2D eigenvalue weighted by molar-refractivity contribution is -0.131. The molecule has 1 aromatic heterocycles. The van der Waals surface area contributed by atoms with Crippen LogP contribution in [-0.4, -0.2) is 71.8 Å². The topological polar surface area (TPSA) is 81.0 Å². The van der Waals surface area contributed by atoms with Gasteiger partial charge in [0.1, 0.15) is 0 Å². The number of rotatable bonds is 6. The number of hydrogen-bond donors (Lipinski definition) is 1. The minimum absolute atomic E-state index is 0.109. The van der Waals surface area contributed by atoms with E-state index >= 15 is 0 Å². The first-order chi connectivity index (χ1) is 11.7. The summed E-state index contributed by atoms with van der Waals surface area (Å²) in [5, 5.41) is 11.4. The van der Waals surface area contributed by atoms with E-state index in [2.05, 4.69) is 20.5 Å². The van der Waals surface area contributed by atoms with E-state index in [-0.39, 0.29) is 5.91 Å². The highest BCUT2D eigenvalue weighted by Crippen LogP contribution is 2.19. The molecule has 1 fully saturated rings. The van der Waals surface area contributed by atoms with Gasteiger partial charge in [-0.3, -0.25) is 14.4 Å². The maximum atomic E-state index is 12.2. The third-order valence-electron chi connectivity index (χ3n) is 4.37. The molecule has 0 saturated carbocycles. The van der Waals surface area contributed by atoms with Crippen molar-refractivity contribution in [3.8, 4) is 0 Å². The summed E-state index contributed by atoms with van der Waals surface area (Å²) < 4.78 is 7.17. The summed E-state index contributed by atoms with van der Waals surface area (Å²) >= 11 is 0. The smallest absolute Gasteiger partial charge is 0.264 e. The lowest BCUT2D eigenvalue weighted by Gasteiger charge is -2.26. The number of ether oxygens (including phenoxy) is 1. The van der Waals surface area contributed by atoms with Crippen LogP contribution in [0.15, 0.2) is 11.4 Å². The molecule has 0 aromatic carbocycles. The van der Waals surface area contributed by atoms with Crippen LogP contribution in [0.5, 0.6) is 0 Å². The first-order valence-electron chi connectivity index (χ1n) is 8.52. The fraction of sp³-hybridized carbons (Fsp3) is 0.688. The van der Waals surface area contributed by atoms with Crippen LogP contribution in [0.2, 0.25) is 0 Å². The second kappa shape index (κ2) is 7.76. The molecule has 1 aromatic rings. The Bertz CT molecular complexity index is 607. The van der Waals surface area contributed by atoms with E-state index in [1.54, 1.807) is 0 Å². The van der Waals surface area contributed by atoms with Gasteiger partial charge in [0.2, 0.25) is 6.10 Å². The molecule has 8 heteroatoms. The lowest BCUT2D eigenvalue weighted by atomic mass is 10.1. The van der Waals surface area contributed by atoms with Crippen LogP contribution in [-0.2, 0) is 20.9 Å². The minimum atomic E-state index is -0.547. The van der Waals surface area contributed by atoms with Crippen LogP contribution in [0.3, 0.4) is 0 Å². The van der Waals surface area contributed by atoms with E-state index in [4.69, 9.17) is 9.57 Å². The lowest BCUT2D eigenvalue weighted by Crippen LogP contribution is -2.43. The predicted octanol–water partition coefficient (Wildman–Crippen LogP) is 0.153. The van der Waals surface area contributed by atoms with E-state index in [1.807, 2.05) is 24.7 Å². The predicted molar refractivity (Wildman–Crippen MR) is 88.9 cm³/mol. The Morgan fingerprint density at radius 3 is 2.92 bits per heavy atom. The summed E-state index contributed by atoms with van der Waals surface area (Å²) in [5.74, 6) is -0.109. The van der Waals surface area contributed by atoms with Gasteiger partial charge < -0.3 is 14.9 Å². The summed E-state index contributed by atoms with van der Waals surface area (Å²) in [7, 11) is 0. The Balaban J connectivity index is 1.45. The Labute approximate surface area is 141 Å².